The fraction of sp³-hybridized carbons (Fsp3) is 0.375. The summed E-state index contributed by atoms with van der Waals surface area (Å²) in [6.45, 7) is 5.83. The second kappa shape index (κ2) is 7.59. The van der Waals surface area contributed by atoms with Gasteiger partial charge >= 0.3 is 0 Å². The third kappa shape index (κ3) is 3.70. The van der Waals surface area contributed by atoms with Crippen LogP contribution in [0.15, 0.2) is 54.9 Å². The number of amides is 1. The summed E-state index contributed by atoms with van der Waals surface area (Å²) in [6.07, 6.45) is 3.98. The van der Waals surface area contributed by atoms with Gasteiger partial charge in [-0.25, -0.2) is 4.98 Å². The number of benzene rings is 2. The molecule has 6 nitrogen and oxygen atoms in total. The monoisotopic (exact) mass is 401 g/mol. The lowest BCUT2D eigenvalue weighted by molar-refractivity contribution is 0.0951. The number of carbonyl (C=O) groups excluding carboxylic acids is 1. The number of anilines is 1. The van der Waals surface area contributed by atoms with Crippen molar-refractivity contribution in [1.29, 1.82) is 0 Å². The van der Waals surface area contributed by atoms with Crippen molar-refractivity contribution in [2.24, 2.45) is 0 Å². The number of nitrogens with one attached hydrogen (secondary N) is 1. The third-order valence-electron chi connectivity index (χ3n) is 5.90. The molecule has 5 rings (SSSR count). The third-order valence-corrected chi connectivity index (χ3v) is 5.90. The zero-order chi connectivity index (χ0) is 20.7. The SMILES string of the molecule is CC(C)n1cnc(C2CN(Cc3ccccc3)c3ccc(C(=O)NC4CC4)cc32)n1. The van der Waals surface area contributed by atoms with Crippen molar-refractivity contribution in [3.63, 3.8) is 0 Å². The highest BCUT2D eigenvalue weighted by Crippen LogP contribution is 2.40. The van der Waals surface area contributed by atoms with E-state index in [1.54, 1.807) is 0 Å². The molecule has 1 aliphatic carbocycles. The number of fused-ring (bicyclic) bond motifs is 1. The van der Waals surface area contributed by atoms with Crippen molar-refractivity contribution in [2.75, 3.05) is 11.4 Å². The van der Waals surface area contributed by atoms with Gasteiger partial charge in [0, 0.05) is 36.4 Å². The van der Waals surface area contributed by atoms with Gasteiger partial charge in [-0.1, -0.05) is 30.3 Å². The van der Waals surface area contributed by atoms with Crippen molar-refractivity contribution in [2.45, 2.75) is 51.2 Å². The molecule has 3 aromatic rings. The van der Waals surface area contributed by atoms with Gasteiger partial charge in [0.2, 0.25) is 0 Å². The number of carbonyl (C=O) groups is 1. The van der Waals surface area contributed by atoms with Crippen LogP contribution in [-0.2, 0) is 6.54 Å². The van der Waals surface area contributed by atoms with Crippen LogP contribution in [0.25, 0.3) is 0 Å². The standard InChI is InChI=1S/C24H27N5O/c1-16(2)29-15-25-23(27-29)21-14-28(13-17-6-4-3-5-7-17)22-11-8-18(12-20(21)22)24(30)26-19-9-10-19/h3-8,11-12,15-16,19,21H,9-10,13-14H2,1-2H3,(H,26,30). The first-order valence-corrected chi connectivity index (χ1v) is 10.7. The second-order valence-electron chi connectivity index (χ2n) is 8.62. The Kier molecular flexibility index (Phi) is 4.77. The zero-order valence-electron chi connectivity index (χ0n) is 17.5. The first-order valence-electron chi connectivity index (χ1n) is 10.7. The Balaban J connectivity index is 1.49. The smallest absolute Gasteiger partial charge is 0.251 e. The maximum absolute atomic E-state index is 12.6. The molecule has 0 radical (unpaired) electrons. The van der Waals surface area contributed by atoms with Crippen LogP contribution in [0.3, 0.4) is 0 Å². The Hall–Kier alpha value is -3.15. The minimum Gasteiger partial charge on any atom is -0.366 e. The van der Waals surface area contributed by atoms with Crippen LogP contribution in [0, 0.1) is 0 Å². The first kappa shape index (κ1) is 18.9. The van der Waals surface area contributed by atoms with Crippen LogP contribution in [0.2, 0.25) is 0 Å². The first-order chi connectivity index (χ1) is 14.6. The molecule has 2 heterocycles. The van der Waals surface area contributed by atoms with E-state index in [-0.39, 0.29) is 17.9 Å². The molecule has 1 aliphatic heterocycles. The average molecular weight is 402 g/mol. The van der Waals surface area contributed by atoms with Gasteiger partial charge in [-0.15, -0.1) is 0 Å². The van der Waals surface area contributed by atoms with Gasteiger partial charge in [-0.05, 0) is 56.0 Å². The molecule has 154 valence electrons. The van der Waals surface area contributed by atoms with Gasteiger partial charge in [0.25, 0.3) is 5.91 Å². The molecule has 0 saturated heterocycles. The molecule has 1 N–H and O–H groups in total. The molecule has 1 fully saturated rings. The molecule has 1 unspecified atom stereocenters. The van der Waals surface area contributed by atoms with Crippen LogP contribution in [-0.4, -0.2) is 33.3 Å². The van der Waals surface area contributed by atoms with Crippen molar-refractivity contribution < 1.29 is 4.79 Å². The predicted octanol–water partition coefficient (Wildman–Crippen LogP) is 3.90. The lowest BCUT2D eigenvalue weighted by atomic mass is 9.98. The van der Waals surface area contributed by atoms with Gasteiger partial charge in [0.05, 0.1) is 5.92 Å². The Morgan fingerprint density at radius 2 is 1.97 bits per heavy atom. The van der Waals surface area contributed by atoms with Crippen LogP contribution < -0.4 is 10.2 Å². The lowest BCUT2D eigenvalue weighted by Crippen LogP contribution is -2.25. The van der Waals surface area contributed by atoms with Gasteiger partial charge in [-0.2, -0.15) is 5.10 Å². The van der Waals surface area contributed by atoms with E-state index >= 15 is 0 Å². The fourth-order valence-electron chi connectivity index (χ4n) is 4.05. The van der Waals surface area contributed by atoms with Gasteiger partial charge in [0.1, 0.15) is 6.33 Å². The maximum atomic E-state index is 12.6. The van der Waals surface area contributed by atoms with Crippen molar-refractivity contribution in [3.05, 3.63) is 77.4 Å². The maximum Gasteiger partial charge on any atom is 0.251 e. The van der Waals surface area contributed by atoms with Gasteiger partial charge in [0.15, 0.2) is 5.82 Å². The number of rotatable bonds is 6. The Morgan fingerprint density at radius 1 is 1.17 bits per heavy atom. The van der Waals surface area contributed by atoms with Crippen molar-refractivity contribution in [3.8, 4) is 0 Å². The minimum absolute atomic E-state index is 0.0150. The predicted molar refractivity (Wildman–Crippen MR) is 117 cm³/mol. The summed E-state index contributed by atoms with van der Waals surface area (Å²) in [4.78, 5) is 19.6. The normalized spacial score (nSPS) is 18.0. The molecule has 1 aromatic heterocycles. The summed E-state index contributed by atoms with van der Waals surface area (Å²) in [5.41, 5.74) is 4.28. The van der Waals surface area contributed by atoms with E-state index in [9.17, 15) is 4.79 Å². The van der Waals surface area contributed by atoms with E-state index in [0.29, 0.717) is 6.04 Å². The molecule has 6 heteroatoms. The van der Waals surface area contributed by atoms with E-state index in [4.69, 9.17) is 5.10 Å². The molecular formula is C24H27N5O. The quantitative estimate of drug-likeness (QED) is 0.680. The molecule has 30 heavy (non-hydrogen) atoms. The number of hydrogen-bond donors (Lipinski definition) is 1. The summed E-state index contributed by atoms with van der Waals surface area (Å²) in [5.74, 6) is 0.888. The van der Waals surface area contributed by atoms with Crippen LogP contribution in [0.1, 0.15) is 66.0 Å². The number of hydrogen-bond acceptors (Lipinski definition) is 4. The molecule has 2 aliphatic rings. The van der Waals surface area contributed by atoms with Gasteiger partial charge < -0.3 is 10.2 Å². The summed E-state index contributed by atoms with van der Waals surface area (Å²) in [7, 11) is 0. The molecule has 1 atom stereocenters. The molecule has 1 amide bonds. The second-order valence-corrected chi connectivity index (χ2v) is 8.62. The van der Waals surface area contributed by atoms with E-state index in [1.165, 1.54) is 5.56 Å². The highest BCUT2D eigenvalue weighted by atomic mass is 16.1. The topological polar surface area (TPSA) is 63.1 Å². The molecule has 2 aromatic carbocycles. The summed E-state index contributed by atoms with van der Waals surface area (Å²) in [6, 6.07) is 17.2. The molecule has 0 bridgehead atoms. The summed E-state index contributed by atoms with van der Waals surface area (Å²) in [5, 5.41) is 7.84. The Bertz CT molecular complexity index is 1050. The largest absolute Gasteiger partial charge is 0.366 e. The van der Waals surface area contributed by atoms with Crippen molar-refractivity contribution >= 4 is 11.6 Å². The van der Waals surface area contributed by atoms with E-state index in [1.807, 2.05) is 29.2 Å². The summed E-state index contributed by atoms with van der Waals surface area (Å²) < 4.78 is 1.90. The average Bonchev–Trinajstić information content (AvgIpc) is 3.30. The Labute approximate surface area is 176 Å². The molecular weight excluding hydrogens is 374 g/mol. The van der Waals surface area contributed by atoms with E-state index in [0.717, 1.165) is 48.6 Å². The molecule has 1 saturated carbocycles. The zero-order valence-corrected chi connectivity index (χ0v) is 17.5. The van der Waals surface area contributed by atoms with E-state index in [2.05, 4.69) is 59.4 Å². The van der Waals surface area contributed by atoms with Gasteiger partial charge in [-0.3, -0.25) is 9.48 Å². The van der Waals surface area contributed by atoms with Crippen molar-refractivity contribution in [1.82, 2.24) is 20.1 Å². The highest BCUT2D eigenvalue weighted by molar-refractivity contribution is 5.95. The lowest BCUT2D eigenvalue weighted by Gasteiger charge is -2.20. The number of aromatic nitrogens is 3. The Morgan fingerprint density at radius 3 is 2.67 bits per heavy atom. The van der Waals surface area contributed by atoms with Crippen LogP contribution >= 0.6 is 0 Å². The van der Waals surface area contributed by atoms with E-state index < -0.39 is 0 Å². The number of nitrogens with zero attached hydrogens (tertiary/aromatic N) is 4. The molecule has 0 spiro atoms. The van der Waals surface area contributed by atoms with Crippen LogP contribution in [0.4, 0.5) is 5.69 Å². The minimum atomic E-state index is 0.0150. The summed E-state index contributed by atoms with van der Waals surface area (Å²) >= 11 is 0. The van der Waals surface area contributed by atoms with Crippen LogP contribution in [0.5, 0.6) is 0 Å². The fourth-order valence-corrected chi connectivity index (χ4v) is 4.05. The highest BCUT2D eigenvalue weighted by Gasteiger charge is 2.33.